The van der Waals surface area contributed by atoms with Crippen molar-refractivity contribution in [3.63, 3.8) is 0 Å². The van der Waals surface area contributed by atoms with Crippen LogP contribution >= 0.6 is 0 Å². The summed E-state index contributed by atoms with van der Waals surface area (Å²) < 4.78 is 2.18. The minimum atomic E-state index is 0.180. The van der Waals surface area contributed by atoms with Crippen LogP contribution in [-0.2, 0) is 0 Å². The lowest BCUT2D eigenvalue weighted by molar-refractivity contribution is 0.0747. The number of amides is 1. The fourth-order valence-electron chi connectivity index (χ4n) is 4.25. The molecule has 0 saturated carbocycles. The summed E-state index contributed by atoms with van der Waals surface area (Å²) in [6.45, 7) is 5.82. The summed E-state index contributed by atoms with van der Waals surface area (Å²) in [5.74, 6) is 0.180. The number of para-hydroxylation sites is 1. The second-order valence-corrected chi connectivity index (χ2v) is 7.13. The molecule has 24 heavy (non-hydrogen) atoms. The number of fused-ring (bicyclic) bond motifs is 2. The Balaban J connectivity index is 1.63. The number of hydrogen-bond acceptors (Lipinski definition) is 2. The Bertz CT molecular complexity index is 750. The monoisotopic (exact) mass is 323 g/mol. The third-order valence-corrected chi connectivity index (χ3v) is 5.49. The van der Waals surface area contributed by atoms with E-state index >= 15 is 0 Å². The van der Waals surface area contributed by atoms with E-state index in [2.05, 4.69) is 35.9 Å². The van der Waals surface area contributed by atoms with Gasteiger partial charge in [0.15, 0.2) is 0 Å². The highest BCUT2D eigenvalue weighted by atomic mass is 16.2. The van der Waals surface area contributed by atoms with Gasteiger partial charge in [0.05, 0.1) is 5.56 Å². The fraction of sp³-hybridized carbons (Fsp3) is 0.450. The minimum Gasteiger partial charge on any atom is -0.337 e. The molecule has 4 heteroatoms. The highest BCUT2D eigenvalue weighted by Gasteiger charge is 2.32. The Morgan fingerprint density at radius 1 is 1.08 bits per heavy atom. The number of rotatable bonds is 2. The first-order chi connectivity index (χ1) is 11.6. The van der Waals surface area contributed by atoms with Crippen LogP contribution in [0.1, 0.15) is 41.0 Å². The lowest BCUT2D eigenvalue weighted by Gasteiger charge is -2.24. The molecule has 2 bridgehead atoms. The maximum absolute atomic E-state index is 13.1. The highest BCUT2D eigenvalue weighted by Crippen LogP contribution is 2.25. The number of nitrogens with zero attached hydrogens (tertiary/aromatic N) is 2. The molecule has 0 spiro atoms. The summed E-state index contributed by atoms with van der Waals surface area (Å²) in [6, 6.07) is 13.4. The molecule has 4 nitrogen and oxygen atoms in total. The number of aryl methyl sites for hydroxylation is 1. The Kier molecular flexibility index (Phi) is 3.93. The van der Waals surface area contributed by atoms with Crippen LogP contribution in [0.4, 0.5) is 0 Å². The van der Waals surface area contributed by atoms with E-state index in [-0.39, 0.29) is 5.91 Å². The molecule has 4 rings (SSSR count). The molecule has 2 atom stereocenters. The quantitative estimate of drug-likeness (QED) is 0.922. The van der Waals surface area contributed by atoms with Gasteiger partial charge in [-0.3, -0.25) is 4.79 Å². The van der Waals surface area contributed by atoms with E-state index in [1.807, 2.05) is 29.2 Å². The molecule has 2 aliphatic heterocycles. The van der Waals surface area contributed by atoms with Gasteiger partial charge in [0.1, 0.15) is 0 Å². The Morgan fingerprint density at radius 3 is 2.62 bits per heavy atom. The van der Waals surface area contributed by atoms with Crippen LogP contribution in [0.15, 0.2) is 36.4 Å². The molecule has 0 aliphatic carbocycles. The maximum atomic E-state index is 13.1. The zero-order valence-corrected chi connectivity index (χ0v) is 14.5. The fourth-order valence-corrected chi connectivity index (χ4v) is 4.25. The number of nitrogens with one attached hydrogen (secondary N) is 1. The molecular weight excluding hydrogens is 298 g/mol. The predicted molar refractivity (Wildman–Crippen MR) is 95.7 cm³/mol. The molecule has 2 aromatic rings. The average Bonchev–Trinajstić information content (AvgIpc) is 3.06. The largest absolute Gasteiger partial charge is 0.337 e. The number of carbonyl (C=O) groups is 1. The van der Waals surface area contributed by atoms with E-state index in [0.717, 1.165) is 42.1 Å². The van der Waals surface area contributed by atoms with E-state index in [0.29, 0.717) is 12.1 Å². The number of aromatic nitrogens is 1. The molecule has 2 unspecified atom stereocenters. The molecule has 0 radical (unpaired) electrons. The lowest BCUT2D eigenvalue weighted by atomic mass is 10.1. The molecular formula is C20H25N3O. The van der Waals surface area contributed by atoms with E-state index in [1.54, 1.807) is 0 Å². The normalized spacial score (nSPS) is 23.3. The van der Waals surface area contributed by atoms with Crippen molar-refractivity contribution >= 4 is 5.91 Å². The zero-order chi connectivity index (χ0) is 16.7. The van der Waals surface area contributed by atoms with Gasteiger partial charge in [-0.05, 0) is 51.3 Å². The minimum absolute atomic E-state index is 0.180. The lowest BCUT2D eigenvalue weighted by Crippen LogP contribution is -2.39. The second-order valence-electron chi connectivity index (χ2n) is 7.13. The van der Waals surface area contributed by atoms with Gasteiger partial charge in [-0.15, -0.1) is 0 Å². The Hall–Kier alpha value is -2.07. The van der Waals surface area contributed by atoms with Crippen molar-refractivity contribution in [3.8, 4) is 5.69 Å². The SMILES string of the molecule is Cc1cc(C(=O)N2CCC3CCC(C2)N3)c(C)n1-c1ccccc1. The number of hydrogen-bond donors (Lipinski definition) is 1. The van der Waals surface area contributed by atoms with Gasteiger partial charge in [-0.25, -0.2) is 0 Å². The first-order valence-corrected chi connectivity index (χ1v) is 8.93. The smallest absolute Gasteiger partial charge is 0.255 e. The molecule has 1 aromatic heterocycles. The third kappa shape index (κ3) is 2.65. The van der Waals surface area contributed by atoms with Gasteiger partial charge in [0, 0.05) is 42.2 Å². The van der Waals surface area contributed by atoms with Gasteiger partial charge in [-0.1, -0.05) is 18.2 Å². The summed E-state index contributed by atoms with van der Waals surface area (Å²) in [4.78, 5) is 15.2. The number of benzene rings is 1. The first-order valence-electron chi connectivity index (χ1n) is 8.93. The van der Waals surface area contributed by atoms with Crippen LogP contribution in [0.3, 0.4) is 0 Å². The second kappa shape index (κ2) is 6.10. The molecule has 2 fully saturated rings. The standard InChI is InChI=1S/C20H25N3O/c1-14-12-19(15(2)23(14)18-6-4-3-5-7-18)20(24)22-11-10-16-8-9-17(13-22)21-16/h3-7,12,16-17,21H,8-11,13H2,1-2H3. The van der Waals surface area contributed by atoms with Crippen molar-refractivity contribution in [2.24, 2.45) is 0 Å². The van der Waals surface area contributed by atoms with Crippen LogP contribution in [0.2, 0.25) is 0 Å². The van der Waals surface area contributed by atoms with E-state index < -0.39 is 0 Å². The summed E-state index contributed by atoms with van der Waals surface area (Å²) in [5, 5.41) is 3.65. The van der Waals surface area contributed by atoms with Gasteiger partial charge >= 0.3 is 0 Å². The van der Waals surface area contributed by atoms with Crippen LogP contribution in [0.5, 0.6) is 0 Å². The van der Waals surface area contributed by atoms with Crippen molar-refractivity contribution in [2.75, 3.05) is 13.1 Å². The average molecular weight is 323 g/mol. The Labute approximate surface area is 143 Å². The molecule has 2 aliphatic rings. The molecule has 3 heterocycles. The topological polar surface area (TPSA) is 37.3 Å². The van der Waals surface area contributed by atoms with Crippen molar-refractivity contribution in [1.29, 1.82) is 0 Å². The molecule has 126 valence electrons. The van der Waals surface area contributed by atoms with Crippen LogP contribution in [0, 0.1) is 13.8 Å². The van der Waals surface area contributed by atoms with Gasteiger partial charge in [-0.2, -0.15) is 0 Å². The Morgan fingerprint density at radius 2 is 1.83 bits per heavy atom. The van der Waals surface area contributed by atoms with Crippen molar-refractivity contribution < 1.29 is 4.79 Å². The third-order valence-electron chi connectivity index (χ3n) is 5.49. The number of carbonyl (C=O) groups excluding carboxylic acids is 1. The summed E-state index contributed by atoms with van der Waals surface area (Å²) >= 11 is 0. The van der Waals surface area contributed by atoms with Crippen LogP contribution in [0.25, 0.3) is 5.69 Å². The van der Waals surface area contributed by atoms with Gasteiger partial charge in [0.2, 0.25) is 0 Å². The summed E-state index contributed by atoms with van der Waals surface area (Å²) in [5.41, 5.74) is 4.10. The summed E-state index contributed by atoms with van der Waals surface area (Å²) in [6.07, 6.45) is 3.52. The van der Waals surface area contributed by atoms with Crippen molar-refractivity contribution in [3.05, 3.63) is 53.3 Å². The highest BCUT2D eigenvalue weighted by molar-refractivity contribution is 5.96. The van der Waals surface area contributed by atoms with Crippen LogP contribution < -0.4 is 5.32 Å². The predicted octanol–water partition coefficient (Wildman–Crippen LogP) is 3.06. The van der Waals surface area contributed by atoms with E-state index in [4.69, 9.17) is 0 Å². The van der Waals surface area contributed by atoms with Crippen LogP contribution in [-0.4, -0.2) is 40.5 Å². The maximum Gasteiger partial charge on any atom is 0.255 e. The van der Waals surface area contributed by atoms with Gasteiger partial charge < -0.3 is 14.8 Å². The number of likely N-dealkylation sites (tertiary alicyclic amines) is 1. The summed E-state index contributed by atoms with van der Waals surface area (Å²) in [7, 11) is 0. The van der Waals surface area contributed by atoms with E-state index in [9.17, 15) is 4.79 Å². The first kappa shape index (κ1) is 15.5. The molecule has 2 saturated heterocycles. The zero-order valence-electron chi connectivity index (χ0n) is 14.5. The molecule has 1 N–H and O–H groups in total. The molecule has 1 amide bonds. The molecule has 1 aromatic carbocycles. The van der Waals surface area contributed by atoms with Crippen molar-refractivity contribution in [2.45, 2.75) is 45.2 Å². The van der Waals surface area contributed by atoms with Gasteiger partial charge in [0.25, 0.3) is 5.91 Å². The van der Waals surface area contributed by atoms with Crippen molar-refractivity contribution in [1.82, 2.24) is 14.8 Å². The van der Waals surface area contributed by atoms with E-state index in [1.165, 1.54) is 12.8 Å².